The van der Waals surface area contributed by atoms with Crippen LogP contribution < -0.4 is 9.80 Å². The van der Waals surface area contributed by atoms with E-state index < -0.39 is 0 Å². The minimum absolute atomic E-state index is 0. The molecule has 6 nitrogen and oxygen atoms in total. The molecule has 2 aromatic heterocycles. The van der Waals surface area contributed by atoms with E-state index >= 15 is 0 Å². The number of pyridine rings is 2. The molecule has 8 heteroatoms. The summed E-state index contributed by atoms with van der Waals surface area (Å²) in [4.78, 5) is 23.9. The Kier molecular flexibility index (Phi) is 19.5. The summed E-state index contributed by atoms with van der Waals surface area (Å²) < 4.78 is 0. The minimum atomic E-state index is -0.125. The largest absolute Gasteiger partial charge is 0.512 e. The summed E-state index contributed by atoms with van der Waals surface area (Å²) in [5, 5.41) is 8.36. The number of anilines is 6. The zero-order valence-corrected chi connectivity index (χ0v) is 51.4. The number of nitrogens with zero attached hydrogens (tertiary/aromatic N) is 4. The van der Waals surface area contributed by atoms with Gasteiger partial charge in [0.15, 0.2) is 5.78 Å². The van der Waals surface area contributed by atoms with Crippen molar-refractivity contribution in [2.24, 2.45) is 0 Å². The first-order valence-corrected chi connectivity index (χ1v) is 27.6. The van der Waals surface area contributed by atoms with Crippen molar-refractivity contribution < 1.29 is 50.1 Å². The predicted molar refractivity (Wildman–Crippen MR) is 327 cm³/mol. The van der Waals surface area contributed by atoms with E-state index in [0.29, 0.717) is 0 Å². The third-order valence-corrected chi connectivity index (χ3v) is 15.8. The summed E-state index contributed by atoms with van der Waals surface area (Å²) in [7, 11) is 0. The van der Waals surface area contributed by atoms with Gasteiger partial charge < -0.3 is 24.9 Å². The van der Waals surface area contributed by atoms with E-state index in [1.165, 1.54) is 75.8 Å². The molecule has 0 atom stereocenters. The van der Waals surface area contributed by atoms with Crippen LogP contribution in [0.5, 0.6) is 0 Å². The van der Waals surface area contributed by atoms with Crippen molar-refractivity contribution in [2.75, 3.05) is 9.80 Å². The molecule has 10 aromatic rings. The summed E-state index contributed by atoms with van der Waals surface area (Å²) in [5.74, 6) is -0.0625. The first kappa shape index (κ1) is 59.3. The molecule has 0 saturated carbocycles. The van der Waals surface area contributed by atoms with Crippen molar-refractivity contribution in [3.05, 3.63) is 277 Å². The number of carbonyl (C=O) groups excluding carboxylic acids is 1. The van der Waals surface area contributed by atoms with E-state index in [4.69, 9.17) is 5.11 Å². The molecular formula is C73H66Ir2N4O2-2. The van der Waals surface area contributed by atoms with E-state index in [1.54, 1.807) is 0 Å². The van der Waals surface area contributed by atoms with Crippen LogP contribution in [0.25, 0.3) is 44.8 Å². The summed E-state index contributed by atoms with van der Waals surface area (Å²) >= 11 is 0. The van der Waals surface area contributed by atoms with Crippen LogP contribution in [0, 0.1) is 12.1 Å². The fraction of sp³-hybridized carbons (Fsp3) is 0.164. The minimum Gasteiger partial charge on any atom is -0.512 e. The van der Waals surface area contributed by atoms with E-state index in [2.05, 4.69) is 254 Å². The van der Waals surface area contributed by atoms with Gasteiger partial charge in [-0.05, 0) is 147 Å². The van der Waals surface area contributed by atoms with Crippen LogP contribution in [0.1, 0.15) is 89.5 Å². The first-order chi connectivity index (χ1) is 38.6. The van der Waals surface area contributed by atoms with E-state index in [9.17, 15) is 4.79 Å². The maximum Gasteiger partial charge on any atom is 0.155 e. The molecule has 81 heavy (non-hydrogen) atoms. The monoisotopic (exact) mass is 1420 g/mol. The maximum atomic E-state index is 10.0. The maximum absolute atomic E-state index is 10.0. The van der Waals surface area contributed by atoms with Gasteiger partial charge in [-0.1, -0.05) is 159 Å². The SMILES string of the molecule is CC(=O)C=C(C)O.CCC1(CC)c2cc(-c3ccccn3)[c-]cc2-c2ccc(N(c3ccccc3)c3ccccc3)cc21.CCC1(CC)c2cc(-c3ccccn3)[c-]cc2-c2ccc(N(c3ccccc3)c3ccccc3)cc21.[Ir].[Ir]. The van der Waals surface area contributed by atoms with E-state index in [-0.39, 0.29) is 62.6 Å². The standard InChI is InChI=1S/2C34H29N2.C5H8O2.2Ir/c2*1-3-34(4-2)31-23-25(33-17-11-12-22-35-33)18-20-29(31)30-21-19-28(24-32(30)34)36(26-13-7-5-8-14-26)27-15-9-6-10-16-27;1-4(6)3-5(2)7;;/h2*5-17,19-24H,3-4H2,1-2H3;3,6H,1-2H3;;/q2*-1;;;. The Morgan fingerprint density at radius 1 is 0.432 bits per heavy atom. The molecule has 410 valence electrons. The van der Waals surface area contributed by atoms with Crippen LogP contribution in [-0.2, 0) is 55.8 Å². The summed E-state index contributed by atoms with van der Waals surface area (Å²) in [5.41, 5.74) is 21.8. The van der Waals surface area contributed by atoms with E-state index in [1.807, 2.05) is 36.7 Å². The number of benzene rings is 8. The molecular weight excluding hydrogens is 1350 g/mol. The molecule has 0 saturated heterocycles. The van der Waals surface area contributed by atoms with Gasteiger partial charge >= 0.3 is 0 Å². The Morgan fingerprint density at radius 3 is 1.02 bits per heavy atom. The third-order valence-electron chi connectivity index (χ3n) is 15.8. The molecule has 12 rings (SSSR count). The topological polar surface area (TPSA) is 69.6 Å². The fourth-order valence-corrected chi connectivity index (χ4v) is 12.0. The van der Waals surface area contributed by atoms with Gasteiger partial charge in [0, 0.05) is 104 Å². The molecule has 2 heterocycles. The van der Waals surface area contributed by atoms with Crippen molar-refractivity contribution in [1.29, 1.82) is 0 Å². The van der Waals surface area contributed by atoms with Gasteiger partial charge in [-0.15, -0.1) is 58.7 Å². The average Bonchev–Trinajstić information content (AvgIpc) is 3.98. The molecule has 0 spiro atoms. The summed E-state index contributed by atoms with van der Waals surface area (Å²) in [6, 6.07) is 84.7. The third kappa shape index (κ3) is 12.0. The molecule has 2 aliphatic rings. The van der Waals surface area contributed by atoms with Crippen LogP contribution in [0.3, 0.4) is 0 Å². The van der Waals surface area contributed by atoms with Crippen LogP contribution in [0.2, 0.25) is 0 Å². The van der Waals surface area contributed by atoms with Gasteiger partial charge in [-0.3, -0.25) is 4.79 Å². The van der Waals surface area contributed by atoms with Crippen LogP contribution in [0.15, 0.2) is 243 Å². The Hall–Kier alpha value is -7.83. The molecule has 0 fully saturated rings. The number of hydrogen-bond acceptors (Lipinski definition) is 6. The number of para-hydroxylation sites is 4. The fourth-order valence-electron chi connectivity index (χ4n) is 12.0. The number of fused-ring (bicyclic) bond motifs is 6. The number of aromatic nitrogens is 2. The number of aliphatic hydroxyl groups excluding tert-OH is 1. The zero-order chi connectivity index (χ0) is 54.9. The number of aliphatic hydroxyl groups is 1. The first-order valence-electron chi connectivity index (χ1n) is 27.6. The second kappa shape index (κ2) is 26.6. The molecule has 1 N–H and O–H groups in total. The molecule has 0 amide bonds. The number of hydrogen-bond donors (Lipinski definition) is 1. The quantitative estimate of drug-likeness (QED) is 0.0705. The van der Waals surface area contributed by atoms with Crippen molar-refractivity contribution in [3.63, 3.8) is 0 Å². The van der Waals surface area contributed by atoms with Crippen LogP contribution in [-0.4, -0.2) is 20.9 Å². The van der Waals surface area contributed by atoms with Crippen molar-refractivity contribution in [3.8, 4) is 44.8 Å². The second-order valence-corrected chi connectivity index (χ2v) is 20.2. The molecule has 2 radical (unpaired) electrons. The Labute approximate surface area is 506 Å². The Morgan fingerprint density at radius 2 is 0.753 bits per heavy atom. The molecule has 8 aromatic carbocycles. The molecule has 0 unspecified atom stereocenters. The van der Waals surface area contributed by atoms with Gasteiger partial charge in [-0.25, -0.2) is 0 Å². The zero-order valence-electron chi connectivity index (χ0n) is 46.7. The van der Waals surface area contributed by atoms with Crippen molar-refractivity contribution >= 4 is 39.9 Å². The molecule has 0 bridgehead atoms. The van der Waals surface area contributed by atoms with Gasteiger partial charge in [0.1, 0.15) is 0 Å². The van der Waals surface area contributed by atoms with Crippen molar-refractivity contribution in [2.45, 2.75) is 78.1 Å². The molecule has 0 aliphatic heterocycles. The van der Waals surface area contributed by atoms with Gasteiger partial charge in [0.05, 0.1) is 5.76 Å². The summed E-state index contributed by atoms with van der Waals surface area (Å²) in [6.45, 7) is 12.1. The normalized spacial score (nSPS) is 12.7. The van der Waals surface area contributed by atoms with Crippen LogP contribution >= 0.6 is 0 Å². The average molecular weight is 1420 g/mol. The number of allylic oxidation sites excluding steroid dienone is 2. The predicted octanol–water partition coefficient (Wildman–Crippen LogP) is 19.2. The van der Waals surface area contributed by atoms with Crippen molar-refractivity contribution in [1.82, 2.24) is 9.97 Å². The number of rotatable bonds is 13. The van der Waals surface area contributed by atoms with Gasteiger partial charge in [-0.2, -0.15) is 0 Å². The number of ketones is 1. The second-order valence-electron chi connectivity index (χ2n) is 20.2. The number of carbonyl (C=O) groups is 1. The molecule has 2 aliphatic carbocycles. The van der Waals surface area contributed by atoms with Gasteiger partial charge in [0.2, 0.25) is 0 Å². The summed E-state index contributed by atoms with van der Waals surface area (Å²) in [6.07, 6.45) is 9.02. The Balaban J connectivity index is 0.000000186. The Bertz CT molecular complexity index is 3400. The van der Waals surface area contributed by atoms with Gasteiger partial charge in [0.25, 0.3) is 0 Å². The van der Waals surface area contributed by atoms with E-state index in [0.717, 1.165) is 70.9 Å². The smallest absolute Gasteiger partial charge is 0.155 e. The van der Waals surface area contributed by atoms with Crippen LogP contribution in [0.4, 0.5) is 34.1 Å².